The Hall–Kier alpha value is -2.93. The van der Waals surface area contributed by atoms with E-state index in [0.717, 1.165) is 17.5 Å². The van der Waals surface area contributed by atoms with Gasteiger partial charge in [-0.15, -0.1) is 0 Å². The van der Waals surface area contributed by atoms with Crippen LogP contribution in [0.1, 0.15) is 64.5 Å². The lowest BCUT2D eigenvalue weighted by atomic mass is 9.73. The van der Waals surface area contributed by atoms with Crippen molar-refractivity contribution >= 4 is 12.0 Å². The van der Waals surface area contributed by atoms with E-state index in [9.17, 15) is 19.1 Å². The van der Waals surface area contributed by atoms with Crippen molar-refractivity contribution in [2.45, 2.75) is 71.5 Å². The molecule has 2 unspecified atom stereocenters. The Bertz CT molecular complexity index is 1080. The van der Waals surface area contributed by atoms with E-state index in [1.54, 1.807) is 17.0 Å². The summed E-state index contributed by atoms with van der Waals surface area (Å²) in [7, 11) is 0. The highest BCUT2D eigenvalue weighted by Gasteiger charge is 2.42. The van der Waals surface area contributed by atoms with Crippen molar-refractivity contribution in [2.75, 3.05) is 19.6 Å². The van der Waals surface area contributed by atoms with Crippen molar-refractivity contribution in [1.82, 2.24) is 10.2 Å². The molecule has 6 nitrogen and oxygen atoms in total. The van der Waals surface area contributed by atoms with E-state index in [1.807, 2.05) is 52.0 Å². The van der Waals surface area contributed by atoms with Crippen LogP contribution in [0.25, 0.3) is 11.1 Å². The number of aliphatic hydroxyl groups is 1. The van der Waals surface area contributed by atoms with Crippen LogP contribution in [-0.4, -0.2) is 47.2 Å². The van der Waals surface area contributed by atoms with Gasteiger partial charge < -0.3 is 20.1 Å². The molecule has 1 saturated heterocycles. The van der Waals surface area contributed by atoms with Crippen molar-refractivity contribution < 1.29 is 23.8 Å². The van der Waals surface area contributed by atoms with E-state index in [2.05, 4.69) is 5.32 Å². The molecule has 1 fully saturated rings. The molecule has 2 atom stereocenters. The van der Waals surface area contributed by atoms with Crippen molar-refractivity contribution in [2.24, 2.45) is 5.92 Å². The van der Waals surface area contributed by atoms with Crippen molar-refractivity contribution in [3.63, 3.8) is 0 Å². The van der Waals surface area contributed by atoms with Crippen LogP contribution in [-0.2, 0) is 15.1 Å². The van der Waals surface area contributed by atoms with Gasteiger partial charge in [-0.25, -0.2) is 9.18 Å². The molecule has 2 N–H and O–H groups in total. The van der Waals surface area contributed by atoms with Crippen LogP contribution in [0.15, 0.2) is 42.5 Å². The van der Waals surface area contributed by atoms with Gasteiger partial charge in [0.25, 0.3) is 0 Å². The molecule has 2 aromatic rings. The van der Waals surface area contributed by atoms with Gasteiger partial charge in [0.1, 0.15) is 11.4 Å². The Morgan fingerprint density at radius 2 is 1.94 bits per heavy atom. The van der Waals surface area contributed by atoms with Gasteiger partial charge in [0.2, 0.25) is 5.91 Å². The summed E-state index contributed by atoms with van der Waals surface area (Å²) in [6.07, 6.45) is 1.94. The summed E-state index contributed by atoms with van der Waals surface area (Å²) in [6, 6.07) is 12.4. The first-order valence-corrected chi connectivity index (χ1v) is 12.7. The number of amides is 2. The number of benzene rings is 2. The number of halogens is 1. The molecule has 0 aromatic heterocycles. The molecule has 3 rings (SSSR count). The van der Waals surface area contributed by atoms with Crippen LogP contribution in [0.3, 0.4) is 0 Å². The minimum absolute atomic E-state index is 0.129. The zero-order valence-electron chi connectivity index (χ0n) is 22.1. The predicted molar refractivity (Wildman–Crippen MR) is 139 cm³/mol. The maximum atomic E-state index is 14.9. The zero-order valence-corrected chi connectivity index (χ0v) is 22.1. The number of hydrogen-bond donors (Lipinski definition) is 2. The van der Waals surface area contributed by atoms with Gasteiger partial charge >= 0.3 is 6.09 Å². The number of nitrogens with one attached hydrogen (secondary N) is 1. The summed E-state index contributed by atoms with van der Waals surface area (Å²) in [4.78, 5) is 25.8. The molecular weight excluding hydrogens is 459 g/mol. The topological polar surface area (TPSA) is 78.9 Å². The number of ether oxygens (including phenoxy) is 1. The minimum Gasteiger partial charge on any atom is -0.444 e. The van der Waals surface area contributed by atoms with E-state index in [4.69, 9.17) is 4.74 Å². The lowest BCUT2D eigenvalue weighted by molar-refractivity contribution is -0.119. The maximum Gasteiger partial charge on any atom is 0.410 e. The van der Waals surface area contributed by atoms with Gasteiger partial charge in [-0.2, -0.15) is 0 Å². The summed E-state index contributed by atoms with van der Waals surface area (Å²) in [6.45, 7) is 10.2. The lowest BCUT2D eigenvalue weighted by Crippen LogP contribution is -2.49. The van der Waals surface area contributed by atoms with E-state index >= 15 is 0 Å². The van der Waals surface area contributed by atoms with Crippen LogP contribution >= 0.6 is 0 Å². The highest BCUT2D eigenvalue weighted by atomic mass is 19.1. The standard InChI is InChI=1S/C29H39FN2O4/c1-20-9-6-10-22(17-20)25-18-23(12-13-26(25)30)29(35,14-8-15-31-21(2)33)24-11-7-16-32(19-24)27(34)36-28(3,4)5/h6,9-10,12-13,17-18,24,35H,7-8,11,14-16,19H2,1-5H3,(H,31,33). The SMILES string of the molecule is CC(=O)NCCCC(O)(c1ccc(F)c(-c2cccc(C)c2)c1)C1CCCN(C(=O)OC(C)(C)C)C1. The molecule has 7 heteroatoms. The van der Waals surface area contributed by atoms with E-state index in [1.165, 1.54) is 13.0 Å². The number of carbonyl (C=O) groups excluding carboxylic acids is 2. The Labute approximate surface area is 213 Å². The summed E-state index contributed by atoms with van der Waals surface area (Å²) in [5.41, 5.74) is 0.872. The molecule has 36 heavy (non-hydrogen) atoms. The molecule has 0 radical (unpaired) electrons. The summed E-state index contributed by atoms with van der Waals surface area (Å²) < 4.78 is 20.5. The van der Waals surface area contributed by atoms with E-state index in [0.29, 0.717) is 50.0 Å². The first-order valence-electron chi connectivity index (χ1n) is 12.7. The van der Waals surface area contributed by atoms with E-state index < -0.39 is 17.3 Å². The summed E-state index contributed by atoms with van der Waals surface area (Å²) >= 11 is 0. The molecule has 2 amide bonds. The number of likely N-dealkylation sites (tertiary alicyclic amines) is 1. The Balaban J connectivity index is 1.95. The van der Waals surface area contributed by atoms with Crippen LogP contribution in [0.4, 0.5) is 9.18 Å². The minimum atomic E-state index is -1.31. The molecule has 2 aromatic carbocycles. The van der Waals surface area contributed by atoms with E-state index in [-0.39, 0.29) is 17.6 Å². The van der Waals surface area contributed by atoms with Gasteiger partial charge in [0, 0.05) is 38.0 Å². The van der Waals surface area contributed by atoms with Crippen molar-refractivity contribution in [3.8, 4) is 11.1 Å². The van der Waals surface area contributed by atoms with Gasteiger partial charge in [0.15, 0.2) is 0 Å². The molecule has 1 heterocycles. The average molecular weight is 499 g/mol. The third-order valence-corrected chi connectivity index (χ3v) is 6.65. The van der Waals surface area contributed by atoms with Gasteiger partial charge in [-0.1, -0.05) is 35.9 Å². The third kappa shape index (κ3) is 7.06. The maximum absolute atomic E-state index is 14.9. The zero-order chi connectivity index (χ0) is 26.5. The number of rotatable bonds is 7. The molecule has 0 saturated carbocycles. The molecule has 1 aliphatic heterocycles. The molecule has 0 aliphatic carbocycles. The number of piperidine rings is 1. The second kappa shape index (κ2) is 11.4. The first kappa shape index (κ1) is 27.7. The molecule has 0 spiro atoms. The summed E-state index contributed by atoms with van der Waals surface area (Å²) in [5, 5.41) is 15.0. The van der Waals surface area contributed by atoms with Crippen LogP contribution in [0.2, 0.25) is 0 Å². The monoisotopic (exact) mass is 498 g/mol. The number of carbonyl (C=O) groups is 2. The second-order valence-corrected chi connectivity index (χ2v) is 10.8. The van der Waals surface area contributed by atoms with Crippen LogP contribution in [0, 0.1) is 18.7 Å². The average Bonchev–Trinajstić information content (AvgIpc) is 2.81. The van der Waals surface area contributed by atoms with Crippen molar-refractivity contribution in [3.05, 3.63) is 59.4 Å². The first-order chi connectivity index (χ1) is 16.9. The predicted octanol–water partition coefficient (Wildman–Crippen LogP) is 5.55. The van der Waals surface area contributed by atoms with Crippen LogP contribution < -0.4 is 5.32 Å². The fourth-order valence-corrected chi connectivity index (χ4v) is 4.89. The molecule has 196 valence electrons. The number of hydrogen-bond acceptors (Lipinski definition) is 4. The second-order valence-electron chi connectivity index (χ2n) is 10.8. The van der Waals surface area contributed by atoms with Gasteiger partial charge in [-0.05, 0) is 76.6 Å². The number of nitrogens with zero attached hydrogens (tertiary/aromatic N) is 1. The highest BCUT2D eigenvalue weighted by Crippen LogP contribution is 2.41. The smallest absolute Gasteiger partial charge is 0.410 e. The fourth-order valence-electron chi connectivity index (χ4n) is 4.89. The Kier molecular flexibility index (Phi) is 8.77. The normalized spacial score (nSPS) is 17.9. The number of aryl methyl sites for hydroxylation is 1. The quantitative estimate of drug-likeness (QED) is 0.491. The Morgan fingerprint density at radius 1 is 1.19 bits per heavy atom. The third-order valence-electron chi connectivity index (χ3n) is 6.65. The lowest BCUT2D eigenvalue weighted by Gasteiger charge is -2.43. The molecule has 0 bridgehead atoms. The fraction of sp³-hybridized carbons (Fsp3) is 0.517. The largest absolute Gasteiger partial charge is 0.444 e. The highest BCUT2D eigenvalue weighted by molar-refractivity contribution is 5.72. The van der Waals surface area contributed by atoms with Crippen molar-refractivity contribution in [1.29, 1.82) is 0 Å². The summed E-state index contributed by atoms with van der Waals surface area (Å²) in [5.74, 6) is -0.758. The molecule has 1 aliphatic rings. The Morgan fingerprint density at radius 3 is 2.61 bits per heavy atom. The molecular formula is C29H39FN2O4. The van der Waals surface area contributed by atoms with Gasteiger partial charge in [0.05, 0.1) is 5.60 Å². The van der Waals surface area contributed by atoms with Crippen LogP contribution in [0.5, 0.6) is 0 Å². The van der Waals surface area contributed by atoms with Gasteiger partial charge in [-0.3, -0.25) is 4.79 Å².